The van der Waals surface area contributed by atoms with Gasteiger partial charge in [-0.15, -0.1) is 0 Å². The van der Waals surface area contributed by atoms with Crippen molar-refractivity contribution < 1.29 is 106 Å². The van der Waals surface area contributed by atoms with Crippen molar-refractivity contribution in [2.75, 3.05) is 21.3 Å². The Morgan fingerprint density at radius 1 is 0.576 bits per heavy atom. The number of hydrogen-bond acceptors (Lipinski definition) is 14. The molecule has 2 aliphatic carbocycles. The fourth-order valence-corrected chi connectivity index (χ4v) is 14.4. The molecule has 14 nitrogen and oxygen atoms in total. The van der Waals surface area contributed by atoms with Crippen molar-refractivity contribution in [3.63, 3.8) is 0 Å². The predicted octanol–water partition coefficient (Wildman–Crippen LogP) is 18.8. The summed E-state index contributed by atoms with van der Waals surface area (Å²) in [6.07, 6.45) is -13.3. The minimum Gasteiger partial charge on any atom is -0.508 e. The average Bonchev–Trinajstić information content (AvgIpc) is 1.48. The summed E-state index contributed by atoms with van der Waals surface area (Å²) in [4.78, 5) is 44.7. The summed E-state index contributed by atoms with van der Waals surface area (Å²) in [5.74, 6) is -5.37. The first-order chi connectivity index (χ1) is 41.2. The highest BCUT2D eigenvalue weighted by atomic mass is 28.4. The van der Waals surface area contributed by atoms with Gasteiger partial charge >= 0.3 is 42.6 Å². The quantitative estimate of drug-likeness (QED) is 0.0501. The Kier molecular flexibility index (Phi) is 35.9. The highest BCUT2D eigenvalue weighted by molar-refractivity contribution is 6.73. The maximum absolute atomic E-state index is 13.0. The van der Waals surface area contributed by atoms with Crippen LogP contribution in [0.5, 0.6) is 11.5 Å². The third kappa shape index (κ3) is 33.4. The van der Waals surface area contributed by atoms with Crippen LogP contribution in [0.1, 0.15) is 179 Å². The molecule has 2 fully saturated rings. The maximum Gasteiger partial charge on any atom is 0.514 e. The van der Waals surface area contributed by atoms with Gasteiger partial charge in [0.1, 0.15) is 33.9 Å². The van der Waals surface area contributed by atoms with Gasteiger partial charge < -0.3 is 47.2 Å². The third-order valence-corrected chi connectivity index (χ3v) is 25.1. The van der Waals surface area contributed by atoms with E-state index in [-0.39, 0.29) is 59.8 Å². The fraction of sp³-hybridized carbons (Fsp3) is 0.758. The molecule has 2 N–H and O–H groups in total. The summed E-state index contributed by atoms with van der Waals surface area (Å²) in [5.41, 5.74) is -3.86. The minimum atomic E-state index is -5.72. The number of alkyl halides is 9. The molecule has 7 atom stereocenters. The van der Waals surface area contributed by atoms with Crippen LogP contribution >= 0.6 is 0 Å². The molecule has 2 aromatic carbocycles. The van der Waals surface area contributed by atoms with Crippen molar-refractivity contribution in [2.24, 2.45) is 29.6 Å². The number of carbonyl (C=O) groups is 4. The van der Waals surface area contributed by atoms with Crippen molar-refractivity contribution in [1.82, 2.24) is 0 Å². The summed E-state index contributed by atoms with van der Waals surface area (Å²) >= 11 is 0. The molecule has 92 heavy (non-hydrogen) atoms. The van der Waals surface area contributed by atoms with Crippen LogP contribution in [0.25, 0.3) is 0 Å². The molecule has 2 saturated carbocycles. The zero-order valence-electron chi connectivity index (χ0n) is 59.7. The lowest BCUT2D eigenvalue weighted by Crippen LogP contribution is -2.63. The van der Waals surface area contributed by atoms with Crippen molar-refractivity contribution in [1.29, 1.82) is 0 Å². The molecule has 0 amide bonds. The van der Waals surface area contributed by atoms with E-state index in [1.807, 2.05) is 99.7 Å². The highest BCUT2D eigenvalue weighted by Gasteiger charge is 2.76. The first kappa shape index (κ1) is 89.8. The minimum absolute atomic E-state index is 0.0224. The van der Waals surface area contributed by atoms with Crippen LogP contribution in [0.15, 0.2) is 48.5 Å². The standard InChI is InChI=1S/C16H26O4Si.C13H20F6O2Si.C11H18O2Si.C9H15F3O2.C9H18O2.C8H16O2/c1-12(21(6,7)18-5)13-8-10-14(11-9-13)19-15(17)20-16(2,3)4;1-21-22(2,3)10-6-7-4-8(10)5-9(7)11(20,12(14,15)16)13(17,18)19;1-13-14(2,3)9-8-10-4-6-11(12)7-5-10;1-5-6(9(10,11)12)7(13)14-8(2,3)4;1-6-7(2)8(10)11-9(3,4)5;1-5-6-7(9)10-8(2,3)4/h8-12H,1-7H3;7-10,20H,4-6H2,1-3H3;4-7,12H,8-9H2,1-3H3;6H,5H2,1-4H3;7H,6H2,1-5H3;5-6H2,1-4H3. The van der Waals surface area contributed by atoms with Gasteiger partial charge in [-0.3, -0.25) is 14.4 Å². The Labute approximate surface area is 546 Å². The van der Waals surface area contributed by atoms with E-state index in [9.17, 15) is 63.8 Å². The number of esters is 3. The molecule has 536 valence electrons. The molecule has 0 saturated heterocycles. The number of phenols is 1. The van der Waals surface area contributed by atoms with Crippen molar-refractivity contribution >= 4 is 49.0 Å². The number of aromatic hydroxyl groups is 1. The number of fused-ring (bicyclic) bond motifs is 2. The van der Waals surface area contributed by atoms with E-state index in [2.05, 4.69) is 37.8 Å². The van der Waals surface area contributed by atoms with Crippen LogP contribution in [0, 0.1) is 29.6 Å². The van der Waals surface area contributed by atoms with Crippen LogP contribution in [0.2, 0.25) is 50.9 Å². The van der Waals surface area contributed by atoms with E-state index >= 15 is 0 Å². The van der Waals surface area contributed by atoms with Gasteiger partial charge in [0, 0.05) is 33.7 Å². The second kappa shape index (κ2) is 36.8. The number of halogens is 9. The summed E-state index contributed by atoms with van der Waals surface area (Å²) in [6, 6.07) is 16.0. The molecule has 0 heterocycles. The van der Waals surface area contributed by atoms with Gasteiger partial charge in [-0.05, 0) is 232 Å². The van der Waals surface area contributed by atoms with Gasteiger partial charge in [0.2, 0.25) is 0 Å². The number of carbonyl (C=O) groups excluding carboxylic acids is 4. The number of aryl methyl sites for hydroxylation is 1. The van der Waals surface area contributed by atoms with E-state index in [1.165, 1.54) is 45.9 Å². The zero-order valence-corrected chi connectivity index (χ0v) is 62.7. The molecule has 2 bridgehead atoms. The lowest BCUT2D eigenvalue weighted by Gasteiger charge is -2.43. The SMILES string of the molecule is CCC(C(=O)OC(C)(C)C)C(F)(F)F.CCC(C)C(=O)OC(C)(C)C.CCCC(=O)OC(C)(C)C.CO[Si](C)(C)C(C)c1ccc(OC(=O)OC(C)(C)C)cc1.CO[Si](C)(C)C1CC2CC1CC2C(O)(C(F)(F)F)C(F)(F)F.CO[Si](C)(C)CCc1ccc(O)cc1. The number of ether oxygens (including phenoxy) is 5. The van der Waals surface area contributed by atoms with Gasteiger partial charge in [-0.1, -0.05) is 58.9 Å². The van der Waals surface area contributed by atoms with E-state index < -0.39 is 90.2 Å². The number of rotatable bonds is 17. The van der Waals surface area contributed by atoms with Gasteiger partial charge in [-0.2, -0.15) is 39.5 Å². The molecule has 2 aromatic rings. The summed E-state index contributed by atoms with van der Waals surface area (Å²) in [7, 11) is -0.193. The molecular weight excluding hydrogens is 1270 g/mol. The molecule has 0 aliphatic heterocycles. The fourth-order valence-electron chi connectivity index (χ4n) is 9.42. The van der Waals surface area contributed by atoms with Crippen LogP contribution in [0.3, 0.4) is 0 Å². The van der Waals surface area contributed by atoms with Gasteiger partial charge in [0.15, 0.2) is 30.9 Å². The van der Waals surface area contributed by atoms with E-state index in [4.69, 9.17) is 37.3 Å². The molecular formula is C66H113F9O14Si3. The number of benzene rings is 2. The summed E-state index contributed by atoms with van der Waals surface area (Å²) < 4.78 is 156. The Bertz CT molecular complexity index is 2480. The van der Waals surface area contributed by atoms with Crippen LogP contribution in [-0.2, 0) is 53.0 Å². The van der Waals surface area contributed by atoms with Gasteiger partial charge in [0.25, 0.3) is 5.60 Å². The van der Waals surface area contributed by atoms with Crippen molar-refractivity contribution in [3.8, 4) is 11.5 Å². The summed E-state index contributed by atoms with van der Waals surface area (Å²) in [6.45, 7) is 43.2. The second-order valence-electron chi connectivity index (χ2n) is 29.0. The highest BCUT2D eigenvalue weighted by Crippen LogP contribution is 2.64. The molecule has 4 rings (SSSR count). The van der Waals surface area contributed by atoms with Gasteiger partial charge in [-0.25, -0.2) is 4.79 Å². The molecule has 7 unspecified atom stereocenters. The zero-order chi connectivity index (χ0) is 72.8. The third-order valence-electron chi connectivity index (χ3n) is 15.5. The number of hydrogen-bond donors (Lipinski definition) is 2. The normalized spacial score (nSPS) is 18.1. The summed E-state index contributed by atoms with van der Waals surface area (Å²) in [5, 5.41) is 18.7. The molecule has 0 radical (unpaired) electrons. The second-order valence-corrected chi connectivity index (χ2v) is 42.3. The lowest BCUT2D eigenvalue weighted by atomic mass is 9.75. The lowest BCUT2D eigenvalue weighted by molar-refractivity contribution is -0.388. The topological polar surface area (TPSA) is 183 Å². The molecule has 0 spiro atoms. The van der Waals surface area contributed by atoms with Crippen molar-refractivity contribution in [2.45, 2.75) is 272 Å². The first-order valence-electron chi connectivity index (χ1n) is 31.3. The predicted molar refractivity (Wildman–Crippen MR) is 349 cm³/mol. The van der Waals surface area contributed by atoms with Crippen LogP contribution < -0.4 is 4.74 Å². The number of phenolic OH excluding ortho intramolecular Hbond substituents is 1. The Balaban J connectivity index is 0. The monoisotopic (exact) mass is 1380 g/mol. The molecule has 2 aliphatic rings. The Morgan fingerprint density at radius 2 is 1.03 bits per heavy atom. The Morgan fingerprint density at radius 3 is 1.38 bits per heavy atom. The first-order valence-corrected chi connectivity index (χ1v) is 40.4. The van der Waals surface area contributed by atoms with E-state index in [1.54, 1.807) is 59.3 Å². The van der Waals surface area contributed by atoms with E-state index in [0.29, 0.717) is 29.9 Å². The Hall–Kier alpha value is -4.22. The van der Waals surface area contributed by atoms with E-state index in [0.717, 1.165) is 25.3 Å². The number of aliphatic hydroxyl groups is 1. The maximum atomic E-state index is 13.0. The van der Waals surface area contributed by atoms with Crippen molar-refractivity contribution in [3.05, 3.63) is 59.7 Å². The average molecular weight is 1390 g/mol. The smallest absolute Gasteiger partial charge is 0.508 e. The molecule has 0 aromatic heterocycles. The molecule has 26 heteroatoms. The largest absolute Gasteiger partial charge is 0.514 e. The van der Waals surface area contributed by atoms with Crippen LogP contribution in [-0.4, -0.2) is 127 Å². The van der Waals surface area contributed by atoms with Crippen LogP contribution in [0.4, 0.5) is 44.3 Å². The van der Waals surface area contributed by atoms with Gasteiger partial charge in [0.05, 0.1) is 5.92 Å².